The van der Waals surface area contributed by atoms with Crippen LogP contribution in [0.1, 0.15) is 16.2 Å². The Balaban J connectivity index is 1.95. The van der Waals surface area contributed by atoms with Gasteiger partial charge in [0.15, 0.2) is 5.82 Å². The van der Waals surface area contributed by atoms with Crippen molar-refractivity contribution in [1.82, 2.24) is 19.7 Å². The number of carboxylic acids is 1. The lowest BCUT2D eigenvalue weighted by Crippen LogP contribution is -2.34. The summed E-state index contributed by atoms with van der Waals surface area (Å²) < 4.78 is 1.97. The Hall–Kier alpha value is -2.44. The first-order valence-corrected chi connectivity index (χ1v) is 5.54. The SMILES string of the molecule is O=C(O)c1cnccc1N1CCn2cnnc2C1. The van der Waals surface area contributed by atoms with Crippen LogP contribution >= 0.6 is 0 Å². The molecule has 18 heavy (non-hydrogen) atoms. The number of anilines is 1. The van der Waals surface area contributed by atoms with Gasteiger partial charge in [-0.1, -0.05) is 0 Å². The lowest BCUT2D eigenvalue weighted by Gasteiger charge is -2.29. The van der Waals surface area contributed by atoms with Gasteiger partial charge in [-0.05, 0) is 6.07 Å². The second kappa shape index (κ2) is 4.10. The molecule has 0 saturated carbocycles. The summed E-state index contributed by atoms with van der Waals surface area (Å²) in [4.78, 5) is 17.0. The van der Waals surface area contributed by atoms with Crippen molar-refractivity contribution >= 4 is 11.7 Å². The Morgan fingerprint density at radius 3 is 3.11 bits per heavy atom. The van der Waals surface area contributed by atoms with E-state index >= 15 is 0 Å². The number of aromatic nitrogens is 4. The smallest absolute Gasteiger partial charge is 0.339 e. The summed E-state index contributed by atoms with van der Waals surface area (Å²) in [6, 6.07) is 1.72. The highest BCUT2D eigenvalue weighted by Crippen LogP contribution is 2.23. The van der Waals surface area contributed by atoms with Crippen molar-refractivity contribution in [2.75, 3.05) is 11.4 Å². The molecule has 1 aliphatic rings. The van der Waals surface area contributed by atoms with Gasteiger partial charge in [-0.2, -0.15) is 0 Å². The first-order valence-electron chi connectivity index (χ1n) is 5.54. The van der Waals surface area contributed by atoms with Gasteiger partial charge in [0.1, 0.15) is 11.9 Å². The first kappa shape index (κ1) is 10.7. The standard InChI is InChI=1S/C11H11N5O2/c17-11(18)8-5-12-2-1-9(8)15-3-4-16-7-13-14-10(16)6-15/h1-2,5,7H,3-4,6H2,(H,17,18). The molecule has 0 fully saturated rings. The van der Waals surface area contributed by atoms with Gasteiger partial charge in [-0.25, -0.2) is 4.79 Å². The van der Waals surface area contributed by atoms with E-state index in [9.17, 15) is 4.79 Å². The van der Waals surface area contributed by atoms with Crippen LogP contribution in [0.3, 0.4) is 0 Å². The van der Waals surface area contributed by atoms with E-state index in [2.05, 4.69) is 15.2 Å². The fourth-order valence-corrected chi connectivity index (χ4v) is 2.10. The normalized spacial score (nSPS) is 14.3. The van der Waals surface area contributed by atoms with Gasteiger partial charge in [-0.15, -0.1) is 10.2 Å². The van der Waals surface area contributed by atoms with E-state index in [1.165, 1.54) is 6.20 Å². The molecule has 3 heterocycles. The topological polar surface area (TPSA) is 84.1 Å². The lowest BCUT2D eigenvalue weighted by atomic mass is 10.2. The second-order valence-electron chi connectivity index (χ2n) is 4.06. The van der Waals surface area contributed by atoms with Crippen molar-refractivity contribution in [3.63, 3.8) is 0 Å². The highest BCUT2D eigenvalue weighted by molar-refractivity contribution is 5.94. The van der Waals surface area contributed by atoms with Crippen LogP contribution in [0.4, 0.5) is 5.69 Å². The van der Waals surface area contributed by atoms with Gasteiger partial charge in [0.05, 0.1) is 12.2 Å². The predicted octanol–water partition coefficient (Wildman–Crippen LogP) is 0.391. The molecule has 2 aromatic rings. The summed E-state index contributed by atoms with van der Waals surface area (Å²) in [5, 5.41) is 17.0. The Morgan fingerprint density at radius 2 is 2.28 bits per heavy atom. The third-order valence-corrected chi connectivity index (χ3v) is 3.01. The molecule has 7 heteroatoms. The van der Waals surface area contributed by atoms with Crippen molar-refractivity contribution in [2.45, 2.75) is 13.1 Å². The summed E-state index contributed by atoms with van der Waals surface area (Å²) in [6.45, 7) is 2.04. The van der Waals surface area contributed by atoms with Crippen LogP contribution in [-0.2, 0) is 13.1 Å². The Bertz CT molecular complexity index is 595. The minimum atomic E-state index is -0.967. The lowest BCUT2D eigenvalue weighted by molar-refractivity contribution is 0.0697. The highest BCUT2D eigenvalue weighted by Gasteiger charge is 2.21. The minimum Gasteiger partial charge on any atom is -0.478 e. The molecule has 3 rings (SSSR count). The summed E-state index contributed by atoms with van der Waals surface area (Å²) in [7, 11) is 0. The zero-order valence-corrected chi connectivity index (χ0v) is 9.52. The molecule has 0 saturated heterocycles. The molecule has 0 aliphatic carbocycles. The van der Waals surface area contributed by atoms with Crippen LogP contribution in [0, 0.1) is 0 Å². The fourth-order valence-electron chi connectivity index (χ4n) is 2.10. The van der Waals surface area contributed by atoms with Crippen LogP contribution in [-0.4, -0.2) is 37.4 Å². The van der Waals surface area contributed by atoms with Gasteiger partial charge in [-0.3, -0.25) is 4.98 Å². The van der Waals surface area contributed by atoms with Crippen LogP contribution in [0.15, 0.2) is 24.8 Å². The molecular formula is C11H11N5O2. The van der Waals surface area contributed by atoms with Gasteiger partial charge >= 0.3 is 5.97 Å². The summed E-state index contributed by atoms with van der Waals surface area (Å²) in [5.41, 5.74) is 0.886. The van der Waals surface area contributed by atoms with E-state index in [-0.39, 0.29) is 5.56 Å². The molecule has 0 aromatic carbocycles. The molecular weight excluding hydrogens is 234 g/mol. The van der Waals surface area contributed by atoms with Crippen molar-refractivity contribution < 1.29 is 9.90 Å². The van der Waals surface area contributed by atoms with Crippen LogP contribution in [0.2, 0.25) is 0 Å². The van der Waals surface area contributed by atoms with Crippen molar-refractivity contribution in [3.05, 3.63) is 36.2 Å². The van der Waals surface area contributed by atoms with E-state index in [4.69, 9.17) is 5.11 Å². The van der Waals surface area contributed by atoms with E-state index in [0.29, 0.717) is 12.2 Å². The quantitative estimate of drug-likeness (QED) is 0.824. The highest BCUT2D eigenvalue weighted by atomic mass is 16.4. The van der Waals surface area contributed by atoms with Crippen LogP contribution in [0.25, 0.3) is 0 Å². The molecule has 1 N–H and O–H groups in total. The zero-order chi connectivity index (χ0) is 12.5. The number of hydrogen-bond donors (Lipinski definition) is 1. The Morgan fingerprint density at radius 1 is 1.39 bits per heavy atom. The van der Waals surface area contributed by atoms with E-state index in [0.717, 1.165) is 18.9 Å². The molecule has 0 bridgehead atoms. The predicted molar refractivity (Wildman–Crippen MR) is 62.3 cm³/mol. The average Bonchev–Trinajstić information content (AvgIpc) is 2.85. The third-order valence-electron chi connectivity index (χ3n) is 3.01. The fraction of sp³-hybridized carbons (Fsp3) is 0.273. The van der Waals surface area contributed by atoms with Crippen LogP contribution < -0.4 is 4.90 Å². The number of carboxylic acid groups (broad SMARTS) is 1. The number of hydrogen-bond acceptors (Lipinski definition) is 5. The molecule has 0 unspecified atom stereocenters. The molecule has 0 amide bonds. The maximum atomic E-state index is 11.2. The second-order valence-corrected chi connectivity index (χ2v) is 4.06. The summed E-state index contributed by atoms with van der Waals surface area (Å²) in [6.07, 6.45) is 4.66. The Labute approximate surface area is 103 Å². The molecule has 0 atom stereocenters. The number of aromatic carboxylic acids is 1. The number of nitrogens with zero attached hydrogens (tertiary/aromatic N) is 5. The molecule has 7 nitrogen and oxygen atoms in total. The number of rotatable bonds is 2. The molecule has 1 aliphatic heterocycles. The zero-order valence-electron chi connectivity index (χ0n) is 9.52. The summed E-state index contributed by atoms with van der Waals surface area (Å²) >= 11 is 0. The van der Waals surface area contributed by atoms with E-state index in [1.54, 1.807) is 18.6 Å². The third kappa shape index (κ3) is 1.69. The Kier molecular flexibility index (Phi) is 2.44. The van der Waals surface area contributed by atoms with Crippen molar-refractivity contribution in [3.8, 4) is 0 Å². The maximum Gasteiger partial charge on any atom is 0.339 e. The molecule has 0 spiro atoms. The number of carbonyl (C=O) groups is 1. The van der Waals surface area contributed by atoms with Crippen LogP contribution in [0.5, 0.6) is 0 Å². The van der Waals surface area contributed by atoms with E-state index < -0.39 is 5.97 Å². The monoisotopic (exact) mass is 245 g/mol. The summed E-state index contributed by atoms with van der Waals surface area (Å²) in [5.74, 6) is -0.125. The molecule has 2 aromatic heterocycles. The van der Waals surface area contributed by atoms with Gasteiger partial charge in [0.25, 0.3) is 0 Å². The number of pyridine rings is 1. The molecule has 0 radical (unpaired) electrons. The minimum absolute atomic E-state index is 0.213. The van der Waals surface area contributed by atoms with Gasteiger partial charge in [0.2, 0.25) is 0 Å². The first-order chi connectivity index (χ1) is 8.75. The number of fused-ring (bicyclic) bond motifs is 1. The van der Waals surface area contributed by atoms with Gasteiger partial charge in [0, 0.05) is 25.5 Å². The van der Waals surface area contributed by atoms with E-state index in [1.807, 2.05) is 9.47 Å². The largest absolute Gasteiger partial charge is 0.478 e. The van der Waals surface area contributed by atoms with Gasteiger partial charge < -0.3 is 14.6 Å². The van der Waals surface area contributed by atoms with Crippen molar-refractivity contribution in [1.29, 1.82) is 0 Å². The average molecular weight is 245 g/mol. The maximum absolute atomic E-state index is 11.2. The van der Waals surface area contributed by atoms with Crippen molar-refractivity contribution in [2.24, 2.45) is 0 Å². The molecule has 92 valence electrons.